The van der Waals surface area contributed by atoms with Crippen LogP contribution >= 0.6 is 0 Å². The largest absolute Gasteiger partial charge is 0.477 e. The van der Waals surface area contributed by atoms with Gasteiger partial charge in [-0.15, -0.1) is 0 Å². The second-order valence-electron chi connectivity index (χ2n) is 5.80. The summed E-state index contributed by atoms with van der Waals surface area (Å²) >= 11 is 0. The summed E-state index contributed by atoms with van der Waals surface area (Å²) in [6, 6.07) is 16.1. The van der Waals surface area contributed by atoms with E-state index in [1.165, 1.54) is 13.3 Å². The van der Waals surface area contributed by atoms with E-state index < -0.39 is 11.9 Å². The van der Waals surface area contributed by atoms with E-state index in [9.17, 15) is 14.7 Å². The van der Waals surface area contributed by atoms with Crippen molar-refractivity contribution in [2.45, 2.75) is 13.0 Å². The first-order chi connectivity index (χ1) is 12.5. The molecule has 3 rings (SSSR count). The molecule has 1 heterocycles. The number of hydrogen-bond acceptors (Lipinski definition) is 4. The minimum atomic E-state index is -1.04. The van der Waals surface area contributed by atoms with Crippen molar-refractivity contribution in [3.8, 4) is 11.4 Å². The van der Waals surface area contributed by atoms with Crippen molar-refractivity contribution in [2.24, 2.45) is 0 Å². The van der Waals surface area contributed by atoms with Gasteiger partial charge in [0, 0.05) is 5.56 Å². The number of carboxylic acid groups (broad SMARTS) is 1. The van der Waals surface area contributed by atoms with Crippen molar-refractivity contribution in [1.82, 2.24) is 9.55 Å². The van der Waals surface area contributed by atoms with E-state index in [0.717, 1.165) is 5.56 Å². The molecule has 0 aliphatic carbocycles. The predicted octanol–water partition coefficient (Wildman–Crippen LogP) is 3.64. The molecule has 6 nitrogen and oxygen atoms in total. The van der Waals surface area contributed by atoms with Gasteiger partial charge < -0.3 is 14.4 Å². The number of imidazole rings is 1. The van der Waals surface area contributed by atoms with E-state index in [2.05, 4.69) is 4.98 Å². The molecule has 0 aliphatic heterocycles. The molecule has 0 saturated heterocycles. The van der Waals surface area contributed by atoms with Crippen molar-refractivity contribution in [2.75, 3.05) is 7.11 Å². The molecule has 0 amide bonds. The Balaban J connectivity index is 2.08. The highest BCUT2D eigenvalue weighted by Gasteiger charge is 2.22. The van der Waals surface area contributed by atoms with Crippen molar-refractivity contribution >= 4 is 11.9 Å². The third-order valence-corrected chi connectivity index (χ3v) is 4.25. The third-order valence-electron chi connectivity index (χ3n) is 4.25. The van der Waals surface area contributed by atoms with Gasteiger partial charge in [0.15, 0.2) is 0 Å². The van der Waals surface area contributed by atoms with Crippen molar-refractivity contribution in [3.63, 3.8) is 0 Å². The number of aromatic nitrogens is 2. The fraction of sp³-hybridized carbons (Fsp3) is 0.150. The Bertz CT molecular complexity index is 930. The van der Waals surface area contributed by atoms with Crippen LogP contribution in [-0.2, 0) is 4.74 Å². The summed E-state index contributed by atoms with van der Waals surface area (Å²) in [4.78, 5) is 27.6. The third kappa shape index (κ3) is 3.21. The number of benzene rings is 2. The zero-order chi connectivity index (χ0) is 18.7. The lowest BCUT2D eigenvalue weighted by Gasteiger charge is -2.19. The van der Waals surface area contributed by atoms with E-state index in [1.54, 1.807) is 28.8 Å². The molecule has 6 heteroatoms. The highest BCUT2D eigenvalue weighted by Crippen LogP contribution is 2.28. The number of aromatic carboxylic acids is 1. The lowest BCUT2D eigenvalue weighted by atomic mass is 10.1. The molecule has 0 fully saturated rings. The molecule has 1 atom stereocenters. The Morgan fingerprint density at radius 1 is 1.08 bits per heavy atom. The normalized spacial score (nSPS) is 11.8. The first-order valence-electron chi connectivity index (χ1n) is 8.07. The summed E-state index contributed by atoms with van der Waals surface area (Å²) < 4.78 is 6.39. The van der Waals surface area contributed by atoms with E-state index in [1.807, 2.05) is 37.3 Å². The summed E-state index contributed by atoms with van der Waals surface area (Å²) in [5, 5.41) is 9.55. The quantitative estimate of drug-likeness (QED) is 0.711. The first kappa shape index (κ1) is 17.4. The second kappa shape index (κ2) is 7.23. The van der Waals surface area contributed by atoms with Crippen LogP contribution in [0.3, 0.4) is 0 Å². The summed E-state index contributed by atoms with van der Waals surface area (Å²) in [6.45, 7) is 1.93. The van der Waals surface area contributed by atoms with Gasteiger partial charge in [0.1, 0.15) is 11.5 Å². The molecule has 3 aromatic rings. The molecular weight excluding hydrogens is 332 g/mol. The van der Waals surface area contributed by atoms with Gasteiger partial charge in [-0.3, -0.25) is 0 Å². The highest BCUT2D eigenvalue weighted by molar-refractivity contribution is 5.90. The number of carbonyl (C=O) groups is 2. The number of nitrogens with zero attached hydrogens (tertiary/aromatic N) is 2. The fourth-order valence-corrected chi connectivity index (χ4v) is 2.88. The molecule has 26 heavy (non-hydrogen) atoms. The van der Waals surface area contributed by atoms with Crippen molar-refractivity contribution in [1.29, 1.82) is 0 Å². The number of methoxy groups -OCH3 is 1. The van der Waals surface area contributed by atoms with Gasteiger partial charge >= 0.3 is 11.9 Å². The van der Waals surface area contributed by atoms with Crippen LogP contribution in [0.2, 0.25) is 0 Å². The zero-order valence-corrected chi connectivity index (χ0v) is 14.4. The highest BCUT2D eigenvalue weighted by atomic mass is 16.5. The number of carboxylic acids is 1. The molecule has 0 saturated carbocycles. The smallest absolute Gasteiger partial charge is 0.354 e. The average Bonchev–Trinajstić information content (AvgIpc) is 3.13. The van der Waals surface area contributed by atoms with E-state index >= 15 is 0 Å². The SMILES string of the molecule is COC(=O)c1ccc(-c2ncc(C(=O)O)n2[C@H](C)c2ccccc2)cc1. The Morgan fingerprint density at radius 2 is 1.73 bits per heavy atom. The lowest BCUT2D eigenvalue weighted by Crippen LogP contribution is -2.15. The van der Waals surface area contributed by atoms with Gasteiger partial charge in [-0.1, -0.05) is 42.5 Å². The Labute approximate surface area is 150 Å². The van der Waals surface area contributed by atoms with Gasteiger partial charge in [-0.05, 0) is 24.6 Å². The molecule has 2 aromatic carbocycles. The topological polar surface area (TPSA) is 81.4 Å². The maximum atomic E-state index is 11.7. The van der Waals surface area contributed by atoms with Gasteiger partial charge in [0.05, 0.1) is 24.9 Å². The lowest BCUT2D eigenvalue weighted by molar-refractivity contribution is 0.0599. The minimum Gasteiger partial charge on any atom is -0.477 e. The average molecular weight is 350 g/mol. The number of ether oxygens (including phenoxy) is 1. The van der Waals surface area contributed by atoms with Crippen LogP contribution in [0.5, 0.6) is 0 Å². The van der Waals surface area contributed by atoms with Gasteiger partial charge in [-0.2, -0.15) is 0 Å². The van der Waals surface area contributed by atoms with Gasteiger partial charge in [-0.25, -0.2) is 14.6 Å². The summed E-state index contributed by atoms with van der Waals surface area (Å²) in [6.07, 6.45) is 1.35. The molecule has 0 aliphatic rings. The molecule has 132 valence electrons. The van der Waals surface area contributed by atoms with E-state index in [0.29, 0.717) is 17.0 Å². The van der Waals surface area contributed by atoms with Crippen LogP contribution in [0.1, 0.15) is 39.4 Å². The Hall–Kier alpha value is -3.41. The molecule has 0 radical (unpaired) electrons. The van der Waals surface area contributed by atoms with Crippen LogP contribution in [0.25, 0.3) is 11.4 Å². The maximum absolute atomic E-state index is 11.7. The summed E-state index contributed by atoms with van der Waals surface area (Å²) in [7, 11) is 1.32. The fourth-order valence-electron chi connectivity index (χ4n) is 2.88. The van der Waals surface area contributed by atoms with Gasteiger partial charge in [0.2, 0.25) is 0 Å². The number of hydrogen-bond donors (Lipinski definition) is 1. The zero-order valence-electron chi connectivity index (χ0n) is 14.4. The Morgan fingerprint density at radius 3 is 2.31 bits per heavy atom. The van der Waals surface area contributed by atoms with Crippen LogP contribution in [0.15, 0.2) is 60.8 Å². The van der Waals surface area contributed by atoms with Crippen molar-refractivity contribution in [3.05, 3.63) is 77.6 Å². The molecule has 0 unspecified atom stereocenters. The number of esters is 1. The van der Waals surface area contributed by atoms with Crippen LogP contribution < -0.4 is 0 Å². The first-order valence-corrected chi connectivity index (χ1v) is 8.07. The number of rotatable bonds is 5. The predicted molar refractivity (Wildman–Crippen MR) is 96.2 cm³/mol. The monoisotopic (exact) mass is 350 g/mol. The standard InChI is InChI=1S/C20H18N2O4/c1-13(14-6-4-3-5-7-14)22-17(19(23)24)12-21-18(22)15-8-10-16(11-9-15)20(25)26-2/h3-13H,1-2H3,(H,23,24)/t13-/m1/s1. The van der Waals surface area contributed by atoms with E-state index in [-0.39, 0.29) is 11.7 Å². The van der Waals surface area contributed by atoms with Crippen LogP contribution in [0, 0.1) is 0 Å². The Kier molecular flexibility index (Phi) is 4.84. The molecular formula is C20H18N2O4. The summed E-state index contributed by atoms with van der Waals surface area (Å²) in [5.74, 6) is -0.948. The van der Waals surface area contributed by atoms with Crippen LogP contribution in [-0.4, -0.2) is 33.7 Å². The van der Waals surface area contributed by atoms with Gasteiger partial charge in [0.25, 0.3) is 0 Å². The minimum absolute atomic E-state index is 0.105. The van der Waals surface area contributed by atoms with Crippen molar-refractivity contribution < 1.29 is 19.4 Å². The summed E-state index contributed by atoms with van der Waals surface area (Å²) in [5.41, 5.74) is 2.21. The second-order valence-corrected chi connectivity index (χ2v) is 5.80. The number of carbonyl (C=O) groups excluding carboxylic acids is 1. The molecule has 1 aromatic heterocycles. The molecule has 1 N–H and O–H groups in total. The maximum Gasteiger partial charge on any atom is 0.354 e. The van der Waals surface area contributed by atoms with Crippen LogP contribution in [0.4, 0.5) is 0 Å². The molecule has 0 spiro atoms. The van der Waals surface area contributed by atoms with E-state index in [4.69, 9.17) is 4.74 Å². The molecule has 0 bridgehead atoms.